The number of hydrogen-bond donors (Lipinski definition) is 1. The van der Waals surface area contributed by atoms with Crippen molar-refractivity contribution in [1.82, 2.24) is 10.2 Å². The van der Waals surface area contributed by atoms with Gasteiger partial charge in [-0.1, -0.05) is 32.9 Å². The number of carbonyl (C=O) groups is 2. The zero-order valence-corrected chi connectivity index (χ0v) is 20.5. The molecule has 192 valence electrons. The molecule has 0 atom stereocenters. The SMILES string of the molecule is CCN(CC)C(=O)c1c(F)ccc(F)c1C(=O)N/C(=C(/C#N)c1cccc(C(F)(F)F)c1)C(C)(C)C. The van der Waals surface area contributed by atoms with Gasteiger partial charge in [-0.05, 0) is 43.7 Å². The first-order valence-corrected chi connectivity index (χ1v) is 11.1. The highest BCUT2D eigenvalue weighted by Crippen LogP contribution is 2.35. The van der Waals surface area contributed by atoms with Crippen molar-refractivity contribution in [3.63, 3.8) is 0 Å². The second-order valence-corrected chi connectivity index (χ2v) is 8.90. The van der Waals surface area contributed by atoms with Crippen molar-refractivity contribution in [2.24, 2.45) is 5.41 Å². The Morgan fingerprint density at radius 3 is 2.00 bits per heavy atom. The van der Waals surface area contributed by atoms with Crippen LogP contribution in [0.2, 0.25) is 0 Å². The molecule has 36 heavy (non-hydrogen) atoms. The van der Waals surface area contributed by atoms with E-state index >= 15 is 0 Å². The Morgan fingerprint density at radius 1 is 0.972 bits per heavy atom. The molecule has 0 aromatic heterocycles. The number of allylic oxidation sites excluding steroid dienone is 2. The van der Waals surface area contributed by atoms with Crippen molar-refractivity contribution in [2.75, 3.05) is 13.1 Å². The largest absolute Gasteiger partial charge is 0.416 e. The number of carbonyl (C=O) groups excluding carboxylic acids is 2. The van der Waals surface area contributed by atoms with Crippen LogP contribution in [-0.2, 0) is 6.18 Å². The van der Waals surface area contributed by atoms with E-state index in [1.165, 1.54) is 11.0 Å². The monoisotopic (exact) mass is 507 g/mol. The highest BCUT2D eigenvalue weighted by Gasteiger charge is 2.33. The summed E-state index contributed by atoms with van der Waals surface area (Å²) in [5, 5.41) is 12.2. The first-order valence-electron chi connectivity index (χ1n) is 11.1. The van der Waals surface area contributed by atoms with Crippen LogP contribution >= 0.6 is 0 Å². The van der Waals surface area contributed by atoms with Crippen LogP contribution in [-0.4, -0.2) is 29.8 Å². The molecule has 0 fully saturated rings. The lowest BCUT2D eigenvalue weighted by atomic mass is 9.86. The number of hydrogen-bond acceptors (Lipinski definition) is 3. The van der Waals surface area contributed by atoms with Crippen molar-refractivity contribution >= 4 is 17.4 Å². The van der Waals surface area contributed by atoms with Crippen LogP contribution in [0.15, 0.2) is 42.1 Å². The molecule has 0 aliphatic carbocycles. The number of alkyl halides is 3. The molecule has 10 heteroatoms. The molecule has 0 unspecified atom stereocenters. The Bertz CT molecular complexity index is 1230. The van der Waals surface area contributed by atoms with Crippen molar-refractivity contribution in [3.05, 3.63) is 76.0 Å². The van der Waals surface area contributed by atoms with Gasteiger partial charge >= 0.3 is 6.18 Å². The quantitative estimate of drug-likeness (QED) is 0.375. The van der Waals surface area contributed by atoms with Gasteiger partial charge in [-0.25, -0.2) is 8.78 Å². The molecule has 0 spiro atoms. The third-order valence-electron chi connectivity index (χ3n) is 5.42. The van der Waals surface area contributed by atoms with Gasteiger partial charge in [0.2, 0.25) is 0 Å². The smallest absolute Gasteiger partial charge is 0.339 e. The molecule has 0 aliphatic heterocycles. The van der Waals surface area contributed by atoms with E-state index in [9.17, 15) is 36.8 Å². The summed E-state index contributed by atoms with van der Waals surface area (Å²) in [6.45, 7) is 8.35. The van der Waals surface area contributed by atoms with E-state index in [-0.39, 0.29) is 29.9 Å². The fourth-order valence-corrected chi connectivity index (χ4v) is 3.57. The summed E-state index contributed by atoms with van der Waals surface area (Å²) < 4.78 is 69.3. The van der Waals surface area contributed by atoms with E-state index in [1.54, 1.807) is 34.6 Å². The number of amides is 2. The van der Waals surface area contributed by atoms with Gasteiger partial charge in [0.05, 0.1) is 22.3 Å². The highest BCUT2D eigenvalue weighted by molar-refractivity contribution is 6.08. The van der Waals surface area contributed by atoms with Gasteiger partial charge in [-0.3, -0.25) is 9.59 Å². The molecule has 0 bridgehead atoms. The Morgan fingerprint density at radius 2 is 1.53 bits per heavy atom. The summed E-state index contributed by atoms with van der Waals surface area (Å²) in [5.74, 6) is -4.40. The normalized spacial score (nSPS) is 12.5. The standard InChI is InChI=1S/C26H26F5N3O2/c1-6-34(7-2)24(36)21-19(28)12-11-18(27)20(21)23(35)33-22(25(3,4)5)17(14-32)15-9-8-10-16(13-15)26(29,30)31/h8-13H,6-7H2,1-5H3,(H,33,35)/b22-17-. The number of benzene rings is 2. The van der Waals surface area contributed by atoms with Crippen LogP contribution in [0.4, 0.5) is 22.0 Å². The Balaban J connectivity index is 2.72. The van der Waals surface area contributed by atoms with Gasteiger partial charge in [-0.15, -0.1) is 0 Å². The first-order chi connectivity index (χ1) is 16.7. The Hall–Kier alpha value is -3.74. The number of halogens is 5. The fraction of sp³-hybridized carbons (Fsp3) is 0.346. The van der Waals surface area contributed by atoms with E-state index in [1.807, 2.05) is 6.07 Å². The van der Waals surface area contributed by atoms with E-state index < -0.39 is 51.7 Å². The molecule has 5 nitrogen and oxygen atoms in total. The summed E-state index contributed by atoms with van der Waals surface area (Å²) in [6.07, 6.45) is -4.67. The average Bonchev–Trinajstić information content (AvgIpc) is 2.79. The third-order valence-corrected chi connectivity index (χ3v) is 5.42. The second-order valence-electron chi connectivity index (χ2n) is 8.90. The maximum atomic E-state index is 14.8. The molecule has 0 saturated carbocycles. The number of nitrogens with zero attached hydrogens (tertiary/aromatic N) is 2. The number of nitriles is 1. The van der Waals surface area contributed by atoms with E-state index in [4.69, 9.17) is 0 Å². The van der Waals surface area contributed by atoms with E-state index in [0.717, 1.165) is 24.3 Å². The third kappa shape index (κ3) is 6.08. The van der Waals surface area contributed by atoms with Gasteiger partial charge in [0.1, 0.15) is 17.7 Å². The van der Waals surface area contributed by atoms with E-state index in [2.05, 4.69) is 5.32 Å². The van der Waals surface area contributed by atoms with Gasteiger partial charge in [0, 0.05) is 24.2 Å². The molecule has 2 rings (SSSR count). The molecule has 0 aliphatic rings. The minimum absolute atomic E-state index is 0.126. The minimum Gasteiger partial charge on any atom is -0.339 e. The topological polar surface area (TPSA) is 73.2 Å². The van der Waals surface area contributed by atoms with Crippen molar-refractivity contribution in [3.8, 4) is 6.07 Å². The number of rotatable bonds is 6. The zero-order chi connectivity index (χ0) is 27.4. The maximum Gasteiger partial charge on any atom is 0.416 e. The van der Waals surface area contributed by atoms with Crippen molar-refractivity contribution in [2.45, 2.75) is 40.8 Å². The highest BCUT2D eigenvalue weighted by atomic mass is 19.4. The lowest BCUT2D eigenvalue weighted by Gasteiger charge is -2.26. The zero-order valence-electron chi connectivity index (χ0n) is 20.5. The molecule has 1 N–H and O–H groups in total. The van der Waals surface area contributed by atoms with Crippen LogP contribution in [0.5, 0.6) is 0 Å². The summed E-state index contributed by atoms with van der Waals surface area (Å²) in [5.41, 5.74) is -4.22. The van der Waals surface area contributed by atoms with Crippen molar-refractivity contribution < 1.29 is 31.5 Å². The van der Waals surface area contributed by atoms with Crippen LogP contribution in [0.1, 0.15) is 66.5 Å². The molecule has 2 amide bonds. The lowest BCUT2D eigenvalue weighted by Crippen LogP contribution is -2.36. The minimum atomic E-state index is -4.67. The number of nitrogens with one attached hydrogen (secondary N) is 1. The predicted octanol–water partition coefficient (Wildman–Crippen LogP) is 6.18. The Labute approximate surface area is 206 Å². The molecule has 2 aromatic carbocycles. The van der Waals surface area contributed by atoms with Crippen molar-refractivity contribution in [1.29, 1.82) is 5.26 Å². The van der Waals surface area contributed by atoms with Crippen LogP contribution in [0.25, 0.3) is 5.57 Å². The molecular weight excluding hydrogens is 481 g/mol. The molecule has 2 aromatic rings. The molecule has 0 heterocycles. The summed E-state index contributed by atoms with van der Waals surface area (Å²) in [6, 6.07) is 7.22. The second kappa shape index (κ2) is 10.9. The van der Waals surface area contributed by atoms with Gasteiger partial charge in [0.15, 0.2) is 0 Å². The van der Waals surface area contributed by atoms with Gasteiger partial charge < -0.3 is 10.2 Å². The fourth-order valence-electron chi connectivity index (χ4n) is 3.57. The maximum absolute atomic E-state index is 14.8. The van der Waals surface area contributed by atoms with Gasteiger partial charge in [0.25, 0.3) is 11.8 Å². The predicted molar refractivity (Wildman–Crippen MR) is 125 cm³/mol. The first kappa shape index (κ1) is 28.5. The van der Waals surface area contributed by atoms with Gasteiger partial charge in [-0.2, -0.15) is 18.4 Å². The average molecular weight is 508 g/mol. The lowest BCUT2D eigenvalue weighted by molar-refractivity contribution is -0.137. The summed E-state index contributed by atoms with van der Waals surface area (Å²) in [7, 11) is 0. The van der Waals surface area contributed by atoms with Crippen LogP contribution < -0.4 is 5.32 Å². The van der Waals surface area contributed by atoms with Crippen LogP contribution in [0, 0.1) is 28.4 Å². The summed E-state index contributed by atoms with van der Waals surface area (Å²) >= 11 is 0. The molecule has 0 radical (unpaired) electrons. The summed E-state index contributed by atoms with van der Waals surface area (Å²) in [4.78, 5) is 27.4. The molecular formula is C26H26F5N3O2. The van der Waals surface area contributed by atoms with Crippen LogP contribution in [0.3, 0.4) is 0 Å². The van der Waals surface area contributed by atoms with E-state index in [0.29, 0.717) is 6.07 Å². The molecule has 0 saturated heterocycles. The Kier molecular flexibility index (Phi) is 8.62.